The van der Waals surface area contributed by atoms with Crippen molar-refractivity contribution in [3.8, 4) is 0 Å². The highest BCUT2D eigenvalue weighted by molar-refractivity contribution is 6.61. The van der Waals surface area contributed by atoms with Crippen molar-refractivity contribution in [2.45, 2.75) is 97.4 Å². The molecule has 1 aliphatic heterocycles. The lowest BCUT2D eigenvalue weighted by molar-refractivity contribution is -0.247. The van der Waals surface area contributed by atoms with E-state index in [-0.39, 0.29) is 18.3 Å². The van der Waals surface area contributed by atoms with Crippen LogP contribution in [0, 0.1) is 0 Å². The first kappa shape index (κ1) is 20.1. The molecular formula is C16H35NO4Si. The maximum atomic E-state index is 6.51. The van der Waals surface area contributed by atoms with E-state index in [1.165, 1.54) is 0 Å². The van der Waals surface area contributed by atoms with E-state index in [9.17, 15) is 0 Å². The summed E-state index contributed by atoms with van der Waals surface area (Å²) in [6, 6.07) is 0.856. The fraction of sp³-hybridized carbons (Fsp3) is 1.00. The summed E-state index contributed by atoms with van der Waals surface area (Å²) in [4.78, 5) is 0. The van der Waals surface area contributed by atoms with E-state index in [4.69, 9.17) is 23.7 Å². The van der Waals surface area contributed by atoms with Crippen LogP contribution in [-0.2, 0) is 18.0 Å². The van der Waals surface area contributed by atoms with Crippen LogP contribution in [0.5, 0.6) is 0 Å². The first-order valence-electron chi connectivity index (χ1n) is 8.66. The van der Waals surface area contributed by atoms with Crippen molar-refractivity contribution in [2.75, 3.05) is 6.54 Å². The van der Waals surface area contributed by atoms with Gasteiger partial charge < -0.3 is 23.7 Å². The molecule has 0 spiro atoms. The maximum absolute atomic E-state index is 6.51. The molecule has 0 saturated carbocycles. The van der Waals surface area contributed by atoms with Crippen molar-refractivity contribution in [3.63, 3.8) is 0 Å². The van der Waals surface area contributed by atoms with Gasteiger partial charge in [0, 0.05) is 31.1 Å². The minimum atomic E-state index is -2.73. The van der Waals surface area contributed by atoms with Gasteiger partial charge in [-0.25, -0.2) is 0 Å². The quantitative estimate of drug-likeness (QED) is 0.655. The third kappa shape index (κ3) is 6.26. The lowest BCUT2D eigenvalue weighted by Crippen LogP contribution is -2.59. The van der Waals surface area contributed by atoms with Crippen LogP contribution in [0.3, 0.4) is 0 Å². The molecule has 0 radical (unpaired) electrons. The molecule has 1 saturated heterocycles. The van der Waals surface area contributed by atoms with Crippen molar-refractivity contribution in [2.24, 2.45) is 5.73 Å². The van der Waals surface area contributed by atoms with Gasteiger partial charge in [0.1, 0.15) is 0 Å². The van der Waals surface area contributed by atoms with Crippen molar-refractivity contribution in [1.29, 1.82) is 0 Å². The lowest BCUT2D eigenvalue weighted by atomic mass is 10.0. The van der Waals surface area contributed by atoms with Crippen LogP contribution in [-0.4, -0.2) is 39.4 Å². The maximum Gasteiger partial charge on any atom is 0.503 e. The van der Waals surface area contributed by atoms with Crippen LogP contribution in [0.25, 0.3) is 0 Å². The average Bonchev–Trinajstić information content (AvgIpc) is 2.33. The van der Waals surface area contributed by atoms with Gasteiger partial charge in [0.2, 0.25) is 0 Å². The Morgan fingerprint density at radius 3 is 2.09 bits per heavy atom. The van der Waals surface area contributed by atoms with E-state index < -0.39 is 14.6 Å². The van der Waals surface area contributed by atoms with E-state index in [0.29, 0.717) is 6.54 Å². The summed E-state index contributed by atoms with van der Waals surface area (Å²) in [5.41, 5.74) is 5.70. The van der Waals surface area contributed by atoms with Gasteiger partial charge in [-0.3, -0.25) is 0 Å². The van der Waals surface area contributed by atoms with Crippen LogP contribution in [0.15, 0.2) is 0 Å². The average molecular weight is 334 g/mol. The summed E-state index contributed by atoms with van der Waals surface area (Å²) < 4.78 is 25.1. The van der Waals surface area contributed by atoms with Gasteiger partial charge in [-0.15, -0.1) is 0 Å². The molecule has 132 valence electrons. The van der Waals surface area contributed by atoms with E-state index in [2.05, 4.69) is 0 Å². The number of hydrogen-bond acceptors (Lipinski definition) is 5. The highest BCUT2D eigenvalue weighted by Crippen LogP contribution is 2.40. The van der Waals surface area contributed by atoms with Crippen molar-refractivity contribution in [3.05, 3.63) is 0 Å². The van der Waals surface area contributed by atoms with Crippen molar-refractivity contribution < 1.29 is 18.0 Å². The molecule has 6 heteroatoms. The Balaban J connectivity index is 2.97. The van der Waals surface area contributed by atoms with E-state index in [1.807, 2.05) is 41.5 Å². The molecule has 0 aromatic rings. The fourth-order valence-corrected chi connectivity index (χ4v) is 6.35. The van der Waals surface area contributed by atoms with Crippen molar-refractivity contribution in [1.82, 2.24) is 0 Å². The SMILES string of the molecule is CC(C)OC1(CCCN)CCC[Si](OC(C)C)(OC(C)C)O1. The second-order valence-electron chi connectivity index (χ2n) is 6.94. The summed E-state index contributed by atoms with van der Waals surface area (Å²) in [7, 11) is -2.73. The van der Waals surface area contributed by atoms with E-state index in [1.54, 1.807) is 0 Å². The zero-order chi connectivity index (χ0) is 16.8. The molecule has 22 heavy (non-hydrogen) atoms. The third-order valence-corrected chi connectivity index (χ3v) is 6.73. The normalized spacial score (nSPS) is 25.4. The highest BCUT2D eigenvalue weighted by atomic mass is 28.4. The molecule has 0 bridgehead atoms. The largest absolute Gasteiger partial charge is 0.503 e. The predicted octanol–water partition coefficient (Wildman–Crippen LogP) is 3.45. The number of ether oxygens (including phenoxy) is 1. The van der Waals surface area contributed by atoms with Crippen LogP contribution >= 0.6 is 0 Å². The lowest BCUT2D eigenvalue weighted by Gasteiger charge is -2.47. The Bertz CT molecular complexity index is 315. The predicted molar refractivity (Wildman–Crippen MR) is 90.6 cm³/mol. The molecule has 1 rings (SSSR count). The molecule has 1 atom stereocenters. The summed E-state index contributed by atoms with van der Waals surface area (Å²) in [5, 5.41) is 0. The van der Waals surface area contributed by atoms with Gasteiger partial charge >= 0.3 is 8.80 Å². The van der Waals surface area contributed by atoms with Crippen molar-refractivity contribution >= 4 is 8.80 Å². The van der Waals surface area contributed by atoms with E-state index in [0.717, 1.165) is 31.7 Å². The van der Waals surface area contributed by atoms with Crippen LogP contribution in [0.1, 0.15) is 67.2 Å². The topological polar surface area (TPSA) is 62.9 Å². The molecule has 0 aromatic carbocycles. The van der Waals surface area contributed by atoms with Crippen LogP contribution < -0.4 is 5.73 Å². The molecule has 1 heterocycles. The van der Waals surface area contributed by atoms with E-state index >= 15 is 0 Å². The molecule has 0 amide bonds. The number of hydrogen-bond donors (Lipinski definition) is 1. The minimum absolute atomic E-state index is 0.0785. The summed E-state index contributed by atoms with van der Waals surface area (Å²) in [5.74, 6) is -0.609. The Morgan fingerprint density at radius 2 is 1.64 bits per heavy atom. The first-order chi connectivity index (χ1) is 10.2. The molecule has 0 aliphatic carbocycles. The fourth-order valence-electron chi connectivity index (χ4n) is 2.99. The monoisotopic (exact) mass is 333 g/mol. The molecule has 1 aliphatic rings. The Labute approximate surface area is 137 Å². The summed E-state index contributed by atoms with van der Waals surface area (Å²) in [6.07, 6.45) is 3.80. The highest BCUT2D eigenvalue weighted by Gasteiger charge is 2.53. The molecule has 1 fully saturated rings. The van der Waals surface area contributed by atoms with Gasteiger partial charge in [-0.05, 0) is 60.9 Å². The molecule has 5 nitrogen and oxygen atoms in total. The van der Waals surface area contributed by atoms with Gasteiger partial charge in [0.05, 0.1) is 6.10 Å². The van der Waals surface area contributed by atoms with Crippen LogP contribution in [0.2, 0.25) is 6.04 Å². The van der Waals surface area contributed by atoms with Gasteiger partial charge in [-0.2, -0.15) is 0 Å². The second kappa shape index (κ2) is 8.75. The van der Waals surface area contributed by atoms with Gasteiger partial charge in [-0.1, -0.05) is 0 Å². The van der Waals surface area contributed by atoms with Gasteiger partial charge in [0.25, 0.3) is 0 Å². The molecule has 2 N–H and O–H groups in total. The van der Waals surface area contributed by atoms with Crippen LogP contribution in [0.4, 0.5) is 0 Å². The Hall–Kier alpha value is 0.0169. The molecule has 0 aromatic heterocycles. The standard InChI is InChI=1S/C16H35NO4Si/c1-13(2)18-16(9-7-11-17)10-8-12-22(21-16,19-14(3)4)20-15(5)6/h13-15H,7-12,17H2,1-6H3. The zero-order valence-electron chi connectivity index (χ0n) is 15.2. The summed E-state index contributed by atoms with van der Waals surface area (Å²) >= 11 is 0. The second-order valence-corrected chi connectivity index (χ2v) is 9.48. The Kier molecular flexibility index (Phi) is 7.98. The molecule has 1 unspecified atom stereocenters. The van der Waals surface area contributed by atoms with Gasteiger partial charge in [0.15, 0.2) is 5.79 Å². The number of rotatable bonds is 9. The number of nitrogens with two attached hydrogens (primary N) is 1. The summed E-state index contributed by atoms with van der Waals surface area (Å²) in [6.45, 7) is 12.8. The Morgan fingerprint density at radius 1 is 1.05 bits per heavy atom. The third-order valence-electron chi connectivity index (χ3n) is 3.42. The molecular weight excluding hydrogens is 298 g/mol. The smallest absolute Gasteiger partial charge is 0.371 e. The minimum Gasteiger partial charge on any atom is -0.371 e. The first-order valence-corrected chi connectivity index (χ1v) is 10.6. The zero-order valence-corrected chi connectivity index (χ0v) is 16.2.